The number of nitrogens with one attached hydrogen (secondary N) is 1. The van der Waals surface area contributed by atoms with Crippen LogP contribution >= 0.6 is 0 Å². The van der Waals surface area contributed by atoms with Gasteiger partial charge in [-0.3, -0.25) is 10.1 Å². The van der Waals surface area contributed by atoms with E-state index >= 15 is 0 Å². The molecular weight excluding hydrogens is 360 g/mol. The number of nitrogens with zero attached hydrogens (tertiary/aromatic N) is 3. The predicted octanol–water partition coefficient (Wildman–Crippen LogP) is 4.61. The van der Waals surface area contributed by atoms with Crippen LogP contribution in [0.1, 0.15) is 27.3 Å². The number of anilines is 1. The van der Waals surface area contributed by atoms with Gasteiger partial charge >= 0.3 is 0 Å². The number of carbonyl (C=O) groups is 1. The van der Waals surface area contributed by atoms with Crippen molar-refractivity contribution in [3.8, 4) is 5.69 Å². The lowest BCUT2D eigenvalue weighted by molar-refractivity contribution is 0.102. The van der Waals surface area contributed by atoms with E-state index < -0.39 is 0 Å². The van der Waals surface area contributed by atoms with Crippen molar-refractivity contribution in [1.82, 2.24) is 14.8 Å². The minimum atomic E-state index is -0.192. The molecule has 0 radical (unpaired) electrons. The Hall–Kier alpha value is -3.73. The summed E-state index contributed by atoms with van der Waals surface area (Å²) in [4.78, 5) is 17.4. The Labute approximate surface area is 170 Å². The summed E-state index contributed by atoms with van der Waals surface area (Å²) in [5.41, 5.74) is 3.63. The molecule has 29 heavy (non-hydrogen) atoms. The van der Waals surface area contributed by atoms with Crippen molar-refractivity contribution >= 4 is 11.9 Å². The molecule has 1 aromatic heterocycles. The molecule has 4 aromatic rings. The molecule has 0 aliphatic rings. The fourth-order valence-electron chi connectivity index (χ4n) is 3.19. The van der Waals surface area contributed by atoms with E-state index in [2.05, 4.69) is 27.5 Å². The fourth-order valence-corrected chi connectivity index (χ4v) is 3.19. The highest BCUT2D eigenvalue weighted by Gasteiger charge is 2.16. The van der Waals surface area contributed by atoms with E-state index in [9.17, 15) is 4.79 Å². The molecule has 0 aliphatic heterocycles. The highest BCUT2D eigenvalue weighted by molar-refractivity contribution is 6.04. The van der Waals surface area contributed by atoms with Gasteiger partial charge in [-0.05, 0) is 42.7 Å². The van der Waals surface area contributed by atoms with Crippen LogP contribution in [0.15, 0.2) is 84.9 Å². The van der Waals surface area contributed by atoms with Crippen LogP contribution in [0.5, 0.6) is 0 Å². The molecule has 0 saturated carbocycles. The van der Waals surface area contributed by atoms with Crippen LogP contribution in [-0.2, 0) is 12.8 Å². The van der Waals surface area contributed by atoms with Crippen molar-refractivity contribution in [2.75, 3.05) is 5.32 Å². The summed E-state index contributed by atoms with van der Waals surface area (Å²) in [5, 5.41) is 7.59. The van der Waals surface area contributed by atoms with Crippen LogP contribution in [0.4, 0.5) is 5.95 Å². The maximum absolute atomic E-state index is 12.8. The van der Waals surface area contributed by atoms with Crippen molar-refractivity contribution in [3.05, 3.63) is 107 Å². The van der Waals surface area contributed by atoms with Gasteiger partial charge in [0.2, 0.25) is 5.95 Å². The number of aromatic nitrogens is 3. The van der Waals surface area contributed by atoms with E-state index in [1.165, 1.54) is 5.56 Å². The van der Waals surface area contributed by atoms with E-state index in [4.69, 9.17) is 0 Å². The number of carbonyl (C=O) groups excluding carboxylic acids is 1. The molecule has 5 nitrogen and oxygen atoms in total. The van der Waals surface area contributed by atoms with Crippen LogP contribution in [0.25, 0.3) is 5.69 Å². The molecule has 0 aliphatic carbocycles. The molecule has 0 unspecified atom stereocenters. The number of hydrogen-bond acceptors (Lipinski definition) is 3. The molecule has 0 saturated heterocycles. The Morgan fingerprint density at radius 2 is 1.52 bits per heavy atom. The highest BCUT2D eigenvalue weighted by atomic mass is 16.1. The predicted molar refractivity (Wildman–Crippen MR) is 114 cm³/mol. The first-order valence-corrected chi connectivity index (χ1v) is 9.63. The molecule has 0 fully saturated rings. The van der Waals surface area contributed by atoms with Gasteiger partial charge in [0.25, 0.3) is 5.91 Å². The van der Waals surface area contributed by atoms with Gasteiger partial charge in [-0.1, -0.05) is 66.7 Å². The lowest BCUT2D eigenvalue weighted by Crippen LogP contribution is -2.16. The zero-order valence-electron chi connectivity index (χ0n) is 16.2. The molecule has 0 bridgehead atoms. The quantitative estimate of drug-likeness (QED) is 0.530. The van der Waals surface area contributed by atoms with E-state index in [1.807, 2.05) is 79.7 Å². The van der Waals surface area contributed by atoms with Crippen LogP contribution in [0.2, 0.25) is 0 Å². The van der Waals surface area contributed by atoms with Crippen molar-refractivity contribution < 1.29 is 4.79 Å². The van der Waals surface area contributed by atoms with Gasteiger partial charge in [-0.2, -0.15) is 9.67 Å². The summed E-state index contributed by atoms with van der Waals surface area (Å²) in [6.07, 6.45) is 1.53. The summed E-state index contributed by atoms with van der Waals surface area (Å²) in [5.74, 6) is 0.924. The third-order valence-electron chi connectivity index (χ3n) is 4.75. The second-order valence-corrected chi connectivity index (χ2v) is 6.85. The molecular formula is C24H22N4O. The van der Waals surface area contributed by atoms with Gasteiger partial charge in [0.1, 0.15) is 0 Å². The average Bonchev–Trinajstić information content (AvgIpc) is 3.16. The van der Waals surface area contributed by atoms with Crippen molar-refractivity contribution in [2.45, 2.75) is 19.8 Å². The van der Waals surface area contributed by atoms with Crippen molar-refractivity contribution in [1.29, 1.82) is 0 Å². The first kappa shape index (κ1) is 18.6. The van der Waals surface area contributed by atoms with Gasteiger partial charge in [-0.15, -0.1) is 5.10 Å². The van der Waals surface area contributed by atoms with E-state index in [-0.39, 0.29) is 5.91 Å². The number of hydrogen-bond donors (Lipinski definition) is 1. The first-order valence-electron chi connectivity index (χ1n) is 9.63. The topological polar surface area (TPSA) is 59.8 Å². The Morgan fingerprint density at radius 3 is 2.24 bits per heavy atom. The number of benzene rings is 3. The van der Waals surface area contributed by atoms with Gasteiger partial charge < -0.3 is 0 Å². The zero-order valence-corrected chi connectivity index (χ0v) is 16.2. The molecule has 0 spiro atoms. The largest absolute Gasteiger partial charge is 0.290 e. The van der Waals surface area contributed by atoms with Crippen LogP contribution in [0, 0.1) is 6.92 Å². The van der Waals surface area contributed by atoms with E-state index in [1.54, 1.807) is 4.68 Å². The van der Waals surface area contributed by atoms with Gasteiger partial charge in [0.15, 0.2) is 5.82 Å². The molecule has 144 valence electrons. The molecule has 5 heteroatoms. The lowest BCUT2D eigenvalue weighted by atomic mass is 10.1. The Bertz CT molecular complexity index is 1100. The van der Waals surface area contributed by atoms with Crippen LogP contribution in [0.3, 0.4) is 0 Å². The smallest absolute Gasteiger partial charge is 0.258 e. The highest BCUT2D eigenvalue weighted by Crippen LogP contribution is 2.17. The Balaban J connectivity index is 1.61. The third kappa shape index (κ3) is 4.41. The monoisotopic (exact) mass is 382 g/mol. The SMILES string of the molecule is Cc1ccccc1C(=O)Nc1nc(CCc2ccccc2)nn1-c1ccccc1. The van der Waals surface area contributed by atoms with Crippen molar-refractivity contribution in [3.63, 3.8) is 0 Å². The van der Waals surface area contributed by atoms with E-state index in [0.29, 0.717) is 23.8 Å². The second-order valence-electron chi connectivity index (χ2n) is 6.85. The van der Waals surface area contributed by atoms with E-state index in [0.717, 1.165) is 17.7 Å². The third-order valence-corrected chi connectivity index (χ3v) is 4.75. The molecule has 3 aromatic carbocycles. The number of amides is 1. The standard InChI is InChI=1S/C24H22N4O/c1-18-10-8-9-15-21(18)23(29)26-24-25-22(17-16-19-11-4-2-5-12-19)27-28(24)20-13-6-3-7-14-20/h2-15H,16-17H2,1H3,(H,25,26,27,29). The molecule has 4 rings (SSSR count). The number of para-hydroxylation sites is 1. The van der Waals surface area contributed by atoms with Gasteiger partial charge in [-0.25, -0.2) is 0 Å². The fraction of sp³-hybridized carbons (Fsp3) is 0.125. The Kier molecular flexibility index (Phi) is 5.47. The lowest BCUT2D eigenvalue weighted by Gasteiger charge is -2.08. The summed E-state index contributed by atoms with van der Waals surface area (Å²) >= 11 is 0. The maximum atomic E-state index is 12.8. The summed E-state index contributed by atoms with van der Waals surface area (Å²) < 4.78 is 1.69. The zero-order chi connectivity index (χ0) is 20.1. The molecule has 0 atom stereocenters. The van der Waals surface area contributed by atoms with Crippen molar-refractivity contribution in [2.24, 2.45) is 0 Å². The second kappa shape index (κ2) is 8.52. The van der Waals surface area contributed by atoms with Gasteiger partial charge in [0, 0.05) is 12.0 Å². The normalized spacial score (nSPS) is 10.7. The minimum absolute atomic E-state index is 0.192. The van der Waals surface area contributed by atoms with Crippen LogP contribution < -0.4 is 5.32 Å². The molecule has 1 heterocycles. The van der Waals surface area contributed by atoms with Crippen LogP contribution in [-0.4, -0.2) is 20.7 Å². The molecule has 1 N–H and O–H groups in total. The average molecular weight is 382 g/mol. The van der Waals surface area contributed by atoms with Gasteiger partial charge in [0.05, 0.1) is 5.69 Å². The maximum Gasteiger partial charge on any atom is 0.258 e. The number of rotatable bonds is 6. The Morgan fingerprint density at radius 1 is 0.862 bits per heavy atom. The minimum Gasteiger partial charge on any atom is -0.290 e. The summed E-state index contributed by atoms with van der Waals surface area (Å²) in [6.45, 7) is 1.92. The summed E-state index contributed by atoms with van der Waals surface area (Å²) in [6, 6.07) is 27.5. The summed E-state index contributed by atoms with van der Waals surface area (Å²) in [7, 11) is 0. The molecule has 1 amide bonds. The first-order chi connectivity index (χ1) is 14.2. The number of aryl methyl sites for hydroxylation is 3.